The monoisotopic (exact) mass is 1150 g/mol. The molecule has 0 aliphatic heterocycles. The summed E-state index contributed by atoms with van der Waals surface area (Å²) in [6, 6.07) is 0. The van der Waals surface area contributed by atoms with Gasteiger partial charge in [0.05, 0.1) is 0 Å². The number of hydrogen-bond donors (Lipinski definition) is 0. The minimum atomic E-state index is -0.815. The average Bonchev–Trinajstić information content (AvgIpc) is 3.50. The second-order valence-electron chi connectivity index (χ2n) is 22.7. The van der Waals surface area contributed by atoms with Gasteiger partial charge in [0.15, 0.2) is 6.10 Å². The summed E-state index contributed by atoms with van der Waals surface area (Å²) < 4.78 is 16.9. The largest absolute Gasteiger partial charge is 0.462 e. The third-order valence-corrected chi connectivity index (χ3v) is 14.6. The number of hydrogen-bond acceptors (Lipinski definition) is 6. The minimum absolute atomic E-state index is 0.104. The van der Waals surface area contributed by atoms with E-state index in [0.717, 1.165) is 122 Å². The summed E-state index contributed by atoms with van der Waals surface area (Å²) in [5.74, 6) is -0.972. The smallest absolute Gasteiger partial charge is 0.306 e. The van der Waals surface area contributed by atoms with Gasteiger partial charge < -0.3 is 14.2 Å². The maximum absolute atomic E-state index is 12.9. The Balaban J connectivity index is 4.37. The Hall–Kier alpha value is -4.45. The highest BCUT2D eigenvalue weighted by Gasteiger charge is 2.19. The van der Waals surface area contributed by atoms with Gasteiger partial charge in [0, 0.05) is 19.3 Å². The van der Waals surface area contributed by atoms with Crippen LogP contribution in [0.5, 0.6) is 0 Å². The van der Waals surface area contributed by atoms with Crippen molar-refractivity contribution in [2.45, 2.75) is 322 Å². The van der Waals surface area contributed by atoms with Crippen molar-refractivity contribution in [3.05, 3.63) is 134 Å². The molecule has 0 rings (SSSR count). The first-order valence-corrected chi connectivity index (χ1v) is 34.7. The van der Waals surface area contributed by atoms with Gasteiger partial charge in [0.2, 0.25) is 0 Å². The van der Waals surface area contributed by atoms with Crippen LogP contribution in [-0.2, 0) is 28.6 Å². The van der Waals surface area contributed by atoms with E-state index in [9.17, 15) is 14.4 Å². The molecule has 0 aliphatic carbocycles. The molecule has 1 unspecified atom stereocenters. The fourth-order valence-corrected chi connectivity index (χ4v) is 9.50. The first-order valence-electron chi connectivity index (χ1n) is 34.7. The quantitative estimate of drug-likeness (QED) is 0.0261. The average molecular weight is 1150 g/mol. The Morgan fingerprint density at radius 2 is 0.482 bits per heavy atom. The summed E-state index contributed by atoms with van der Waals surface area (Å²) in [5, 5.41) is 0. The van der Waals surface area contributed by atoms with Crippen molar-refractivity contribution < 1.29 is 28.6 Å². The van der Waals surface area contributed by atoms with Crippen molar-refractivity contribution in [2.24, 2.45) is 0 Å². The van der Waals surface area contributed by atoms with Gasteiger partial charge in [-0.2, -0.15) is 0 Å². The van der Waals surface area contributed by atoms with E-state index in [1.165, 1.54) is 148 Å². The van der Waals surface area contributed by atoms with Crippen LogP contribution in [0.3, 0.4) is 0 Å². The molecule has 0 fully saturated rings. The van der Waals surface area contributed by atoms with E-state index in [1.54, 1.807) is 0 Å². The first kappa shape index (κ1) is 78.5. The molecule has 0 aromatic rings. The fourth-order valence-electron chi connectivity index (χ4n) is 9.50. The van der Waals surface area contributed by atoms with Crippen molar-refractivity contribution in [3.8, 4) is 0 Å². The molecule has 6 heteroatoms. The zero-order chi connectivity index (χ0) is 59.9. The lowest BCUT2D eigenvalue weighted by Crippen LogP contribution is -2.30. The van der Waals surface area contributed by atoms with E-state index in [-0.39, 0.29) is 37.5 Å². The number of esters is 3. The molecular formula is C77H128O6. The van der Waals surface area contributed by atoms with Gasteiger partial charge >= 0.3 is 17.9 Å². The van der Waals surface area contributed by atoms with Crippen LogP contribution in [0.15, 0.2) is 134 Å². The van der Waals surface area contributed by atoms with Crippen molar-refractivity contribution in [2.75, 3.05) is 13.2 Å². The summed E-state index contributed by atoms with van der Waals surface area (Å²) in [7, 11) is 0. The van der Waals surface area contributed by atoms with Gasteiger partial charge in [-0.3, -0.25) is 14.4 Å². The van der Waals surface area contributed by atoms with Crippen LogP contribution in [0, 0.1) is 0 Å². The van der Waals surface area contributed by atoms with Gasteiger partial charge in [-0.15, -0.1) is 0 Å². The maximum Gasteiger partial charge on any atom is 0.306 e. The lowest BCUT2D eigenvalue weighted by molar-refractivity contribution is -0.167. The van der Waals surface area contributed by atoms with Gasteiger partial charge in [0.25, 0.3) is 0 Å². The number of carbonyl (C=O) groups is 3. The second kappa shape index (κ2) is 70.0. The first-order chi connectivity index (χ1) is 41.0. The van der Waals surface area contributed by atoms with Gasteiger partial charge in [-0.05, 0) is 128 Å². The predicted molar refractivity (Wildman–Crippen MR) is 362 cm³/mol. The molecule has 6 nitrogen and oxygen atoms in total. The zero-order valence-electron chi connectivity index (χ0n) is 54.2. The van der Waals surface area contributed by atoms with Crippen LogP contribution in [0.1, 0.15) is 316 Å². The van der Waals surface area contributed by atoms with Crippen LogP contribution >= 0.6 is 0 Å². The molecule has 0 aromatic heterocycles. The number of allylic oxidation sites excluding steroid dienone is 22. The fraction of sp³-hybridized carbons (Fsp3) is 0.675. The van der Waals surface area contributed by atoms with Gasteiger partial charge in [0.1, 0.15) is 13.2 Å². The predicted octanol–water partition coefficient (Wildman–Crippen LogP) is 24.1. The van der Waals surface area contributed by atoms with Crippen LogP contribution < -0.4 is 0 Å². The van der Waals surface area contributed by atoms with Crippen molar-refractivity contribution in [1.82, 2.24) is 0 Å². The van der Waals surface area contributed by atoms with E-state index in [2.05, 4.69) is 154 Å². The summed E-state index contributed by atoms with van der Waals surface area (Å²) in [4.78, 5) is 38.4. The van der Waals surface area contributed by atoms with Gasteiger partial charge in [-0.1, -0.05) is 302 Å². The van der Waals surface area contributed by atoms with E-state index in [4.69, 9.17) is 14.2 Å². The molecule has 1 atom stereocenters. The Labute approximate surface area is 513 Å². The van der Waals surface area contributed by atoms with E-state index < -0.39 is 6.10 Å². The third-order valence-electron chi connectivity index (χ3n) is 14.6. The van der Waals surface area contributed by atoms with Crippen LogP contribution in [-0.4, -0.2) is 37.2 Å². The second-order valence-corrected chi connectivity index (χ2v) is 22.7. The summed E-state index contributed by atoms with van der Waals surface area (Å²) >= 11 is 0. The zero-order valence-corrected chi connectivity index (χ0v) is 54.2. The standard InChI is InChI=1S/C77H128O6/c1-4-7-10-13-16-19-22-25-28-31-33-34-35-36-37-38-39-40-41-42-44-46-49-52-55-58-61-64-67-70-76(79)82-73-74(72-81-75(78)69-66-63-60-57-54-51-48-45-30-27-24-21-18-15-12-9-6-3)83-77(80)71-68-65-62-59-56-53-50-47-43-32-29-26-23-20-17-14-11-8-5-2/h8-9,11-12,17-18,20-22,25-27,29-31,33,43,47-48,51,57,60,74H,4-7,10,13-16,19,23-24,28,32,34-42,44-46,49-50,52-56,58-59,61-73H2,1-3H3/b11-8-,12-9-,20-17-,21-18-,25-22-,29-26-,30-27-,33-31-,47-43-,51-48-,60-57-. The Morgan fingerprint density at radius 3 is 0.783 bits per heavy atom. The molecule has 0 bridgehead atoms. The van der Waals surface area contributed by atoms with Crippen molar-refractivity contribution in [3.63, 3.8) is 0 Å². The normalized spacial score (nSPS) is 13.0. The molecule has 0 aromatic carbocycles. The lowest BCUT2D eigenvalue weighted by Gasteiger charge is -2.18. The highest BCUT2D eigenvalue weighted by molar-refractivity contribution is 5.71. The van der Waals surface area contributed by atoms with Crippen LogP contribution in [0.4, 0.5) is 0 Å². The summed E-state index contributed by atoms with van der Waals surface area (Å²) in [5.41, 5.74) is 0. The number of unbranched alkanes of at least 4 members (excludes halogenated alkanes) is 29. The Kier molecular flexibility index (Phi) is 66.3. The maximum atomic E-state index is 12.9. The molecule has 0 saturated heterocycles. The number of carbonyl (C=O) groups excluding carboxylic acids is 3. The highest BCUT2D eigenvalue weighted by Crippen LogP contribution is 2.17. The van der Waals surface area contributed by atoms with Gasteiger partial charge in [-0.25, -0.2) is 0 Å². The van der Waals surface area contributed by atoms with Crippen LogP contribution in [0.2, 0.25) is 0 Å². The van der Waals surface area contributed by atoms with E-state index >= 15 is 0 Å². The molecular weight excluding hydrogens is 1020 g/mol. The highest BCUT2D eigenvalue weighted by atomic mass is 16.6. The minimum Gasteiger partial charge on any atom is -0.462 e. The van der Waals surface area contributed by atoms with Crippen molar-refractivity contribution in [1.29, 1.82) is 0 Å². The Morgan fingerprint density at radius 1 is 0.253 bits per heavy atom. The van der Waals surface area contributed by atoms with Crippen molar-refractivity contribution >= 4 is 17.9 Å². The van der Waals surface area contributed by atoms with Crippen LogP contribution in [0.25, 0.3) is 0 Å². The Bertz CT molecular complexity index is 1750. The van der Waals surface area contributed by atoms with E-state index in [0.29, 0.717) is 19.3 Å². The molecule has 472 valence electrons. The summed E-state index contributed by atoms with van der Waals surface area (Å²) in [6.45, 7) is 6.37. The number of ether oxygens (including phenoxy) is 3. The molecule has 0 heterocycles. The molecule has 83 heavy (non-hydrogen) atoms. The number of rotatable bonds is 62. The SMILES string of the molecule is CC/C=C\C/C=C\C/C=C\C/C=C\C/C=C\CCCC(=O)OCC(COC(=O)CCCCCCCCCCCCCCCCCCC/C=C\C/C=C\CCCCCCC)OC(=O)CCCCCCCC/C=C\C/C=C\C/C=C\C/C=C\CC. The molecule has 0 N–H and O–H groups in total. The molecule has 0 aliphatic rings. The molecule has 0 radical (unpaired) electrons. The molecule has 0 amide bonds. The topological polar surface area (TPSA) is 78.9 Å². The summed E-state index contributed by atoms with van der Waals surface area (Å²) in [6.07, 6.45) is 99.1. The van der Waals surface area contributed by atoms with E-state index in [1.807, 2.05) is 0 Å². The third kappa shape index (κ3) is 68.2. The lowest BCUT2D eigenvalue weighted by atomic mass is 10.0. The molecule has 0 spiro atoms. The molecule has 0 saturated carbocycles.